The summed E-state index contributed by atoms with van der Waals surface area (Å²) in [7, 11) is 2.13. The molecule has 1 aromatic heterocycles. The molecule has 0 amide bonds. The molecule has 1 saturated heterocycles. The quantitative estimate of drug-likeness (QED) is 0.936. The van der Waals surface area contributed by atoms with Crippen molar-refractivity contribution in [1.82, 2.24) is 14.9 Å². The predicted octanol–water partition coefficient (Wildman–Crippen LogP) is 2.07. The Morgan fingerprint density at radius 3 is 2.71 bits per heavy atom. The van der Waals surface area contributed by atoms with Gasteiger partial charge in [-0.15, -0.1) is 0 Å². The van der Waals surface area contributed by atoms with Crippen LogP contribution < -0.4 is 5.32 Å². The van der Waals surface area contributed by atoms with Gasteiger partial charge in [-0.1, -0.05) is 12.1 Å². The van der Waals surface area contributed by atoms with Gasteiger partial charge in [0.15, 0.2) is 0 Å². The Balaban J connectivity index is 1.79. The molecule has 1 fully saturated rings. The van der Waals surface area contributed by atoms with E-state index in [1.165, 1.54) is 0 Å². The minimum atomic E-state index is 0.177. The average molecular weight is 286 g/mol. The number of ether oxygens (including phenoxy) is 1. The van der Waals surface area contributed by atoms with Gasteiger partial charge in [0.05, 0.1) is 35.5 Å². The van der Waals surface area contributed by atoms with Crippen LogP contribution in [0.4, 0.5) is 5.82 Å². The minimum absolute atomic E-state index is 0.177. The number of hydrogen-bond acceptors (Lipinski definition) is 5. The number of nitrogens with one attached hydrogen (secondary N) is 1. The van der Waals surface area contributed by atoms with Gasteiger partial charge in [-0.2, -0.15) is 0 Å². The molecule has 1 aliphatic heterocycles. The number of fused-ring (bicyclic) bond motifs is 1. The van der Waals surface area contributed by atoms with Gasteiger partial charge in [-0.3, -0.25) is 0 Å². The van der Waals surface area contributed by atoms with E-state index in [4.69, 9.17) is 4.74 Å². The SMILES string of the molecule is Cc1nc2ccccc2nc1NC(C)C1CN(C)CCO1. The van der Waals surface area contributed by atoms with Crippen molar-refractivity contribution < 1.29 is 4.74 Å². The van der Waals surface area contributed by atoms with Gasteiger partial charge < -0.3 is 15.0 Å². The molecule has 3 rings (SSSR count). The lowest BCUT2D eigenvalue weighted by Crippen LogP contribution is -2.47. The van der Waals surface area contributed by atoms with E-state index >= 15 is 0 Å². The largest absolute Gasteiger partial charge is 0.373 e. The number of aryl methyl sites for hydroxylation is 1. The molecule has 1 aliphatic rings. The van der Waals surface area contributed by atoms with Crippen molar-refractivity contribution in [2.75, 3.05) is 32.1 Å². The van der Waals surface area contributed by atoms with Crippen molar-refractivity contribution in [3.8, 4) is 0 Å². The van der Waals surface area contributed by atoms with Gasteiger partial charge in [-0.25, -0.2) is 9.97 Å². The Labute approximate surface area is 125 Å². The van der Waals surface area contributed by atoms with Gasteiger partial charge in [0, 0.05) is 13.1 Å². The molecular formula is C16H22N4O. The number of aromatic nitrogens is 2. The number of hydrogen-bond donors (Lipinski definition) is 1. The van der Waals surface area contributed by atoms with Crippen LogP contribution in [0.1, 0.15) is 12.6 Å². The van der Waals surface area contributed by atoms with E-state index in [0.29, 0.717) is 0 Å². The first-order chi connectivity index (χ1) is 10.1. The Bertz CT molecular complexity index is 631. The van der Waals surface area contributed by atoms with E-state index in [9.17, 15) is 0 Å². The highest BCUT2D eigenvalue weighted by atomic mass is 16.5. The van der Waals surface area contributed by atoms with Crippen LogP contribution in [-0.2, 0) is 4.74 Å². The molecule has 0 saturated carbocycles. The van der Waals surface area contributed by atoms with Crippen LogP contribution in [-0.4, -0.2) is 53.8 Å². The first kappa shape index (κ1) is 14.2. The number of rotatable bonds is 3. The smallest absolute Gasteiger partial charge is 0.148 e. The molecule has 0 spiro atoms. The number of para-hydroxylation sites is 2. The fraction of sp³-hybridized carbons (Fsp3) is 0.500. The van der Waals surface area contributed by atoms with E-state index in [2.05, 4.69) is 34.2 Å². The van der Waals surface area contributed by atoms with Crippen molar-refractivity contribution in [1.29, 1.82) is 0 Å². The zero-order chi connectivity index (χ0) is 14.8. The number of morpholine rings is 1. The van der Waals surface area contributed by atoms with Crippen molar-refractivity contribution in [3.63, 3.8) is 0 Å². The Morgan fingerprint density at radius 2 is 2.00 bits per heavy atom. The topological polar surface area (TPSA) is 50.3 Å². The van der Waals surface area contributed by atoms with Crippen molar-refractivity contribution in [3.05, 3.63) is 30.0 Å². The summed E-state index contributed by atoms with van der Waals surface area (Å²) in [6.07, 6.45) is 0.177. The molecule has 21 heavy (non-hydrogen) atoms. The summed E-state index contributed by atoms with van der Waals surface area (Å²) in [5.74, 6) is 0.845. The van der Waals surface area contributed by atoms with E-state index in [0.717, 1.165) is 42.2 Å². The molecule has 5 nitrogen and oxygen atoms in total. The van der Waals surface area contributed by atoms with E-state index < -0.39 is 0 Å². The zero-order valence-corrected chi connectivity index (χ0v) is 12.8. The average Bonchev–Trinajstić information content (AvgIpc) is 2.48. The lowest BCUT2D eigenvalue weighted by Gasteiger charge is -2.34. The summed E-state index contributed by atoms with van der Waals surface area (Å²) in [4.78, 5) is 11.6. The molecule has 1 aromatic carbocycles. The Kier molecular flexibility index (Phi) is 4.03. The standard InChI is InChI=1S/C16H22N4O/c1-11(15-10-20(3)8-9-21-15)18-16-12(2)17-13-6-4-5-7-14(13)19-16/h4-7,11,15H,8-10H2,1-3H3,(H,18,19). The first-order valence-electron chi connectivity index (χ1n) is 7.43. The third-order valence-electron chi connectivity index (χ3n) is 3.96. The van der Waals surface area contributed by atoms with Crippen LogP contribution >= 0.6 is 0 Å². The second kappa shape index (κ2) is 5.95. The summed E-state index contributed by atoms with van der Waals surface area (Å²) in [5, 5.41) is 3.47. The van der Waals surface area contributed by atoms with Crippen LogP contribution in [0.3, 0.4) is 0 Å². The van der Waals surface area contributed by atoms with Gasteiger partial charge in [-0.05, 0) is 33.0 Å². The molecule has 2 aromatic rings. The van der Waals surface area contributed by atoms with Crippen LogP contribution in [0.25, 0.3) is 11.0 Å². The predicted molar refractivity (Wildman–Crippen MR) is 84.6 cm³/mol. The van der Waals surface area contributed by atoms with Gasteiger partial charge in [0.1, 0.15) is 5.82 Å². The minimum Gasteiger partial charge on any atom is -0.373 e. The van der Waals surface area contributed by atoms with E-state index in [-0.39, 0.29) is 12.1 Å². The highest BCUT2D eigenvalue weighted by Crippen LogP contribution is 2.18. The highest BCUT2D eigenvalue weighted by Gasteiger charge is 2.24. The van der Waals surface area contributed by atoms with Gasteiger partial charge >= 0.3 is 0 Å². The molecule has 5 heteroatoms. The van der Waals surface area contributed by atoms with E-state index in [1.54, 1.807) is 0 Å². The van der Waals surface area contributed by atoms with Gasteiger partial charge in [0.2, 0.25) is 0 Å². The fourth-order valence-corrected chi connectivity index (χ4v) is 2.65. The van der Waals surface area contributed by atoms with E-state index in [1.807, 2.05) is 31.2 Å². The van der Waals surface area contributed by atoms with Crippen LogP contribution in [0, 0.1) is 6.92 Å². The molecule has 2 heterocycles. The molecule has 0 bridgehead atoms. The molecule has 0 radical (unpaired) electrons. The fourth-order valence-electron chi connectivity index (χ4n) is 2.65. The summed E-state index contributed by atoms with van der Waals surface area (Å²) in [6.45, 7) is 6.85. The normalized spacial score (nSPS) is 21.4. The Hall–Kier alpha value is -1.72. The maximum atomic E-state index is 5.86. The van der Waals surface area contributed by atoms with Gasteiger partial charge in [0.25, 0.3) is 0 Å². The van der Waals surface area contributed by atoms with Crippen LogP contribution in [0.15, 0.2) is 24.3 Å². The maximum Gasteiger partial charge on any atom is 0.148 e. The van der Waals surface area contributed by atoms with Crippen molar-refractivity contribution in [2.45, 2.75) is 26.0 Å². The molecule has 112 valence electrons. The molecule has 2 unspecified atom stereocenters. The number of likely N-dealkylation sites (N-methyl/N-ethyl adjacent to an activating group) is 1. The molecule has 1 N–H and O–H groups in total. The third-order valence-corrected chi connectivity index (χ3v) is 3.96. The summed E-state index contributed by atoms with van der Waals surface area (Å²) in [5.41, 5.74) is 2.77. The lowest BCUT2D eigenvalue weighted by molar-refractivity contribution is -0.0260. The monoisotopic (exact) mass is 286 g/mol. The summed E-state index contributed by atoms with van der Waals surface area (Å²) < 4.78 is 5.86. The number of anilines is 1. The highest BCUT2D eigenvalue weighted by molar-refractivity contribution is 5.76. The first-order valence-corrected chi connectivity index (χ1v) is 7.43. The maximum absolute atomic E-state index is 5.86. The number of benzene rings is 1. The third kappa shape index (κ3) is 3.14. The number of nitrogens with zero attached hydrogens (tertiary/aromatic N) is 3. The van der Waals surface area contributed by atoms with Crippen LogP contribution in [0.5, 0.6) is 0 Å². The lowest BCUT2D eigenvalue weighted by atomic mass is 10.1. The van der Waals surface area contributed by atoms with Crippen LogP contribution in [0.2, 0.25) is 0 Å². The molecular weight excluding hydrogens is 264 g/mol. The van der Waals surface area contributed by atoms with Crippen molar-refractivity contribution in [2.24, 2.45) is 0 Å². The summed E-state index contributed by atoms with van der Waals surface area (Å²) in [6, 6.07) is 8.14. The molecule has 0 aliphatic carbocycles. The Morgan fingerprint density at radius 1 is 1.29 bits per heavy atom. The second-order valence-electron chi connectivity index (χ2n) is 5.75. The second-order valence-corrected chi connectivity index (χ2v) is 5.75. The summed E-state index contributed by atoms with van der Waals surface area (Å²) >= 11 is 0. The molecule has 2 atom stereocenters. The van der Waals surface area contributed by atoms with Crippen molar-refractivity contribution >= 4 is 16.9 Å². The zero-order valence-electron chi connectivity index (χ0n) is 12.8.